The summed E-state index contributed by atoms with van der Waals surface area (Å²) in [5.41, 5.74) is 0.672. The molecular formula is C12H10N4O3S4. The van der Waals surface area contributed by atoms with Crippen molar-refractivity contribution >= 4 is 50.0 Å². The maximum atomic E-state index is 12.3. The highest BCUT2D eigenvalue weighted by Crippen LogP contribution is 2.33. The van der Waals surface area contributed by atoms with Crippen LogP contribution in [0.4, 0.5) is 5.13 Å². The highest BCUT2D eigenvalue weighted by molar-refractivity contribution is 7.93. The second kappa shape index (κ2) is 6.00. The van der Waals surface area contributed by atoms with Gasteiger partial charge in [-0.3, -0.25) is 4.72 Å². The van der Waals surface area contributed by atoms with Crippen LogP contribution in [0.3, 0.4) is 0 Å². The maximum absolute atomic E-state index is 12.3. The standard InChI is InChI=1S/C12H10N4O3S4/c1-6-14-15-11(21-6)16-23(18,19)8-4-2-7(3-5-8)9-10(17)13-12(20)22-9/h2-5,17H,1H3,(H,13,20)(H,15,16). The number of aromatic amines is 1. The summed E-state index contributed by atoms with van der Waals surface area (Å²) in [5.74, 6) is -0.0296. The molecule has 0 aliphatic heterocycles. The fourth-order valence-electron chi connectivity index (χ4n) is 1.81. The first-order chi connectivity index (χ1) is 10.8. The summed E-state index contributed by atoms with van der Waals surface area (Å²) in [5, 5.41) is 18.1. The number of sulfonamides is 1. The minimum Gasteiger partial charge on any atom is -0.494 e. The fraction of sp³-hybridized carbons (Fsp3) is 0.0833. The van der Waals surface area contributed by atoms with Crippen LogP contribution in [0.15, 0.2) is 29.2 Å². The zero-order valence-corrected chi connectivity index (χ0v) is 14.9. The average molecular weight is 387 g/mol. The van der Waals surface area contributed by atoms with Gasteiger partial charge in [0.15, 0.2) is 3.95 Å². The lowest BCUT2D eigenvalue weighted by Gasteiger charge is -2.05. The van der Waals surface area contributed by atoms with E-state index in [1.807, 2.05) is 0 Å². The third kappa shape index (κ3) is 3.42. The van der Waals surface area contributed by atoms with E-state index in [2.05, 4.69) is 19.9 Å². The van der Waals surface area contributed by atoms with Gasteiger partial charge in [-0.25, -0.2) is 8.42 Å². The van der Waals surface area contributed by atoms with Crippen molar-refractivity contribution in [2.75, 3.05) is 4.72 Å². The van der Waals surface area contributed by atoms with Crippen LogP contribution in [0.25, 0.3) is 10.4 Å². The Bertz CT molecular complexity index is 1000. The van der Waals surface area contributed by atoms with E-state index in [1.165, 1.54) is 23.5 Å². The Kier molecular flexibility index (Phi) is 4.19. The van der Waals surface area contributed by atoms with Crippen molar-refractivity contribution in [1.29, 1.82) is 0 Å². The number of aromatic nitrogens is 3. The number of nitrogens with one attached hydrogen (secondary N) is 2. The van der Waals surface area contributed by atoms with Gasteiger partial charge >= 0.3 is 0 Å². The lowest BCUT2D eigenvalue weighted by molar-refractivity contribution is 0.458. The molecule has 3 aromatic rings. The minimum atomic E-state index is -3.73. The second-order valence-electron chi connectivity index (χ2n) is 4.45. The number of aryl methyl sites for hydroxylation is 1. The second-order valence-corrected chi connectivity index (χ2v) is 9.00. The maximum Gasteiger partial charge on any atom is 0.263 e. The molecule has 0 aliphatic carbocycles. The van der Waals surface area contributed by atoms with Gasteiger partial charge in [0.1, 0.15) is 5.01 Å². The Morgan fingerprint density at radius 3 is 2.43 bits per heavy atom. The molecule has 11 heteroatoms. The van der Waals surface area contributed by atoms with E-state index in [-0.39, 0.29) is 15.9 Å². The first-order valence-corrected chi connectivity index (χ1v) is 9.73. The molecule has 0 fully saturated rings. The summed E-state index contributed by atoms with van der Waals surface area (Å²) < 4.78 is 27.4. The van der Waals surface area contributed by atoms with Crippen LogP contribution in [0.1, 0.15) is 5.01 Å². The molecule has 0 saturated carbocycles. The average Bonchev–Trinajstić information content (AvgIpc) is 3.04. The summed E-state index contributed by atoms with van der Waals surface area (Å²) >= 11 is 7.33. The molecule has 0 saturated heterocycles. The van der Waals surface area contributed by atoms with Crippen molar-refractivity contribution in [1.82, 2.24) is 15.2 Å². The Balaban J connectivity index is 1.89. The summed E-state index contributed by atoms with van der Waals surface area (Å²) in [6.07, 6.45) is 0. The molecule has 23 heavy (non-hydrogen) atoms. The molecule has 0 aliphatic rings. The van der Waals surface area contributed by atoms with Crippen molar-refractivity contribution in [3.05, 3.63) is 33.2 Å². The van der Waals surface area contributed by atoms with E-state index in [1.54, 1.807) is 19.1 Å². The number of H-pyrrole nitrogens is 1. The number of rotatable bonds is 4. The smallest absolute Gasteiger partial charge is 0.263 e. The van der Waals surface area contributed by atoms with Crippen molar-refractivity contribution < 1.29 is 13.5 Å². The number of thiazole rings is 1. The van der Waals surface area contributed by atoms with Crippen molar-refractivity contribution in [2.24, 2.45) is 0 Å². The van der Waals surface area contributed by atoms with E-state index in [4.69, 9.17) is 12.2 Å². The van der Waals surface area contributed by atoms with E-state index >= 15 is 0 Å². The van der Waals surface area contributed by atoms with Crippen LogP contribution in [0.5, 0.6) is 5.88 Å². The molecular weight excluding hydrogens is 376 g/mol. The molecule has 7 nitrogen and oxygen atoms in total. The minimum absolute atomic E-state index is 0.0296. The molecule has 0 atom stereocenters. The highest BCUT2D eigenvalue weighted by Gasteiger charge is 2.17. The molecule has 0 unspecified atom stereocenters. The first kappa shape index (κ1) is 16.1. The van der Waals surface area contributed by atoms with Gasteiger partial charge in [-0.2, -0.15) is 0 Å². The fourth-order valence-corrected chi connectivity index (χ4v) is 4.72. The molecule has 2 aromatic heterocycles. The predicted octanol–water partition coefficient (Wildman–Crippen LogP) is 3.14. The van der Waals surface area contributed by atoms with Crippen molar-refractivity contribution in [3.8, 4) is 16.3 Å². The molecule has 3 N–H and O–H groups in total. The van der Waals surface area contributed by atoms with Crippen LogP contribution in [-0.2, 0) is 10.0 Å². The van der Waals surface area contributed by atoms with Crippen LogP contribution >= 0.6 is 34.9 Å². The highest BCUT2D eigenvalue weighted by atomic mass is 32.2. The summed E-state index contributed by atoms with van der Waals surface area (Å²) in [7, 11) is -3.73. The largest absolute Gasteiger partial charge is 0.494 e. The van der Waals surface area contributed by atoms with E-state index in [0.717, 1.165) is 11.3 Å². The Morgan fingerprint density at radius 2 is 1.91 bits per heavy atom. The lowest BCUT2D eigenvalue weighted by atomic mass is 10.2. The van der Waals surface area contributed by atoms with Gasteiger partial charge in [-0.05, 0) is 36.8 Å². The number of nitrogens with zero attached hydrogens (tertiary/aromatic N) is 2. The van der Waals surface area contributed by atoms with Gasteiger partial charge in [0, 0.05) is 0 Å². The monoisotopic (exact) mass is 386 g/mol. The van der Waals surface area contributed by atoms with Gasteiger partial charge in [-0.1, -0.05) is 23.5 Å². The number of anilines is 1. The van der Waals surface area contributed by atoms with Crippen LogP contribution in [0, 0.1) is 10.9 Å². The quantitative estimate of drug-likeness (QED) is 0.595. The van der Waals surface area contributed by atoms with Gasteiger partial charge in [0.25, 0.3) is 10.0 Å². The molecule has 120 valence electrons. The molecule has 1 aromatic carbocycles. The summed E-state index contributed by atoms with van der Waals surface area (Å²) in [4.78, 5) is 3.28. The summed E-state index contributed by atoms with van der Waals surface area (Å²) in [6.45, 7) is 1.74. The zero-order valence-electron chi connectivity index (χ0n) is 11.6. The zero-order chi connectivity index (χ0) is 16.6. The first-order valence-electron chi connectivity index (χ1n) is 6.20. The molecule has 3 rings (SSSR count). The number of aromatic hydroxyl groups is 1. The molecule has 0 spiro atoms. The predicted molar refractivity (Wildman–Crippen MR) is 92.1 cm³/mol. The van der Waals surface area contributed by atoms with Crippen molar-refractivity contribution in [2.45, 2.75) is 11.8 Å². The number of hydrogen-bond donors (Lipinski definition) is 3. The normalized spacial score (nSPS) is 11.5. The van der Waals surface area contributed by atoms with Crippen molar-refractivity contribution in [3.63, 3.8) is 0 Å². The van der Waals surface area contributed by atoms with E-state index in [9.17, 15) is 13.5 Å². The third-order valence-electron chi connectivity index (χ3n) is 2.80. The Hall–Kier alpha value is -1.82. The lowest BCUT2D eigenvalue weighted by Crippen LogP contribution is -2.12. The Morgan fingerprint density at radius 1 is 1.22 bits per heavy atom. The molecule has 0 amide bonds. The third-order valence-corrected chi connectivity index (χ3v) is 6.32. The van der Waals surface area contributed by atoms with Gasteiger partial charge < -0.3 is 10.1 Å². The van der Waals surface area contributed by atoms with Gasteiger partial charge in [-0.15, -0.1) is 21.5 Å². The van der Waals surface area contributed by atoms with Gasteiger partial charge in [0.2, 0.25) is 11.0 Å². The summed E-state index contributed by atoms with van der Waals surface area (Å²) in [6, 6.07) is 6.11. The molecule has 0 radical (unpaired) electrons. The van der Waals surface area contributed by atoms with E-state index < -0.39 is 10.0 Å². The van der Waals surface area contributed by atoms with Crippen LogP contribution in [0.2, 0.25) is 0 Å². The SMILES string of the molecule is Cc1nnc(NS(=O)(=O)c2ccc(-c3sc(=S)[nH]c3O)cc2)s1. The molecule has 0 bridgehead atoms. The van der Waals surface area contributed by atoms with Crippen LogP contribution in [-0.4, -0.2) is 28.7 Å². The molecule has 2 heterocycles. The number of benzene rings is 1. The topological polar surface area (TPSA) is 108 Å². The Labute approximate surface area is 144 Å². The van der Waals surface area contributed by atoms with E-state index in [0.29, 0.717) is 19.4 Å². The number of hydrogen-bond acceptors (Lipinski definition) is 8. The van der Waals surface area contributed by atoms with Crippen LogP contribution < -0.4 is 4.72 Å². The van der Waals surface area contributed by atoms with Gasteiger partial charge in [0.05, 0.1) is 9.77 Å².